The zero-order chi connectivity index (χ0) is 17.4. The van der Waals surface area contributed by atoms with Gasteiger partial charge in [0.1, 0.15) is 10.6 Å². The van der Waals surface area contributed by atoms with Crippen LogP contribution in [0.25, 0.3) is 11.1 Å². The number of methoxy groups -OCH3 is 1. The molecule has 0 aliphatic heterocycles. The summed E-state index contributed by atoms with van der Waals surface area (Å²) in [5.41, 5.74) is 2.87. The van der Waals surface area contributed by atoms with Crippen LogP contribution in [0, 0.1) is 0 Å². The molecule has 0 aromatic carbocycles. The molecule has 2 aliphatic carbocycles. The van der Waals surface area contributed by atoms with Crippen molar-refractivity contribution in [3.63, 3.8) is 0 Å². The third kappa shape index (κ3) is 3.35. The maximum Gasteiger partial charge on any atom is 0.295 e. The fourth-order valence-electron chi connectivity index (χ4n) is 2.81. The van der Waals surface area contributed by atoms with E-state index >= 15 is 0 Å². The van der Waals surface area contributed by atoms with Gasteiger partial charge in [-0.3, -0.25) is 4.55 Å². The molecule has 0 fully saturated rings. The Kier molecular flexibility index (Phi) is 5.01. The van der Waals surface area contributed by atoms with E-state index in [1.807, 2.05) is 52.0 Å². The summed E-state index contributed by atoms with van der Waals surface area (Å²) in [6.07, 6.45) is 0.782. The van der Waals surface area contributed by atoms with Gasteiger partial charge in [-0.25, -0.2) is 0 Å². The van der Waals surface area contributed by atoms with Crippen molar-refractivity contribution in [1.29, 1.82) is 0 Å². The number of fused-ring (bicyclic) bond motifs is 1. The largest absolute Gasteiger partial charge is 0.496 e. The molecule has 0 spiro atoms. The molecule has 0 saturated carbocycles. The van der Waals surface area contributed by atoms with Crippen LogP contribution in [0.15, 0.2) is 29.2 Å². The van der Waals surface area contributed by atoms with Crippen molar-refractivity contribution in [2.45, 2.75) is 50.8 Å². The van der Waals surface area contributed by atoms with E-state index in [0.717, 1.165) is 12.0 Å². The second-order valence-corrected chi connectivity index (χ2v) is 7.60. The first kappa shape index (κ1) is 17.8. The Morgan fingerprint density at radius 1 is 1.13 bits per heavy atom. The molecule has 0 bridgehead atoms. The Balaban J connectivity index is 2.95. The molecule has 2 aliphatic rings. The Morgan fingerprint density at radius 2 is 1.78 bits per heavy atom. The van der Waals surface area contributed by atoms with Gasteiger partial charge >= 0.3 is 0 Å². The first-order valence-electron chi connectivity index (χ1n) is 7.82. The average molecular weight is 336 g/mol. The molecule has 2 rings (SSSR count). The van der Waals surface area contributed by atoms with Crippen LogP contribution >= 0.6 is 0 Å². The minimum atomic E-state index is -4.32. The number of hydrogen-bond acceptors (Lipinski definition) is 3. The van der Waals surface area contributed by atoms with Gasteiger partial charge < -0.3 is 4.74 Å². The third-order valence-corrected chi connectivity index (χ3v) is 5.36. The summed E-state index contributed by atoms with van der Waals surface area (Å²) in [5.74, 6) is 0.856. The first-order chi connectivity index (χ1) is 10.7. The fourth-order valence-corrected chi connectivity index (χ4v) is 3.82. The zero-order valence-electron chi connectivity index (χ0n) is 14.3. The molecule has 0 amide bonds. The zero-order valence-corrected chi connectivity index (χ0v) is 15.1. The maximum absolute atomic E-state index is 12.0. The quantitative estimate of drug-likeness (QED) is 0.805. The van der Waals surface area contributed by atoms with Gasteiger partial charge in [-0.2, -0.15) is 8.42 Å². The topological polar surface area (TPSA) is 63.6 Å². The molecule has 1 N–H and O–H groups in total. The molecular weight excluding hydrogens is 312 g/mol. The monoisotopic (exact) mass is 336 g/mol. The molecular formula is C18H24O4S. The van der Waals surface area contributed by atoms with Gasteiger partial charge in [-0.15, -0.1) is 0 Å². The van der Waals surface area contributed by atoms with E-state index in [1.165, 1.54) is 0 Å². The molecule has 5 heteroatoms. The van der Waals surface area contributed by atoms with Gasteiger partial charge in [0, 0.05) is 11.1 Å². The highest BCUT2D eigenvalue weighted by Gasteiger charge is 2.29. The highest BCUT2D eigenvalue weighted by atomic mass is 32.2. The predicted octanol–water partition coefficient (Wildman–Crippen LogP) is 4.68. The molecule has 0 heterocycles. The Morgan fingerprint density at radius 3 is 2.26 bits per heavy atom. The molecule has 1 atom stereocenters. The van der Waals surface area contributed by atoms with Crippen LogP contribution in [0.2, 0.25) is 0 Å². The van der Waals surface area contributed by atoms with Gasteiger partial charge in [0.15, 0.2) is 0 Å². The predicted molar refractivity (Wildman–Crippen MR) is 92.2 cm³/mol. The number of rotatable bonds is 5. The molecule has 0 aromatic rings. The third-order valence-electron chi connectivity index (χ3n) is 4.39. The van der Waals surface area contributed by atoms with Crippen molar-refractivity contribution in [3.8, 4) is 16.9 Å². The molecule has 0 saturated heterocycles. The van der Waals surface area contributed by atoms with Crippen LogP contribution in [0.3, 0.4) is 0 Å². The first-order valence-corrected chi connectivity index (χ1v) is 9.26. The summed E-state index contributed by atoms with van der Waals surface area (Å²) >= 11 is 0. The summed E-state index contributed by atoms with van der Waals surface area (Å²) in [6.45, 7) is 8.03. The second kappa shape index (κ2) is 6.49. The van der Waals surface area contributed by atoms with Crippen molar-refractivity contribution >= 4 is 10.1 Å². The lowest BCUT2D eigenvalue weighted by Crippen LogP contribution is -2.03. The summed E-state index contributed by atoms with van der Waals surface area (Å²) in [4.78, 5) is 0.0123. The molecule has 0 radical (unpaired) electrons. The van der Waals surface area contributed by atoms with E-state index in [-0.39, 0.29) is 16.7 Å². The minimum Gasteiger partial charge on any atom is -0.496 e. The standard InChI is InChI=1S/C18H24O4S/c1-6-12(4)14-10-15-16(18(14)23(19,20)21)9-13(11(2)3)7-8-17(15)22-5/h7-12H,6H2,1-5H3,(H,19,20,21). The van der Waals surface area contributed by atoms with Crippen LogP contribution in [-0.4, -0.2) is 20.1 Å². The van der Waals surface area contributed by atoms with E-state index in [0.29, 0.717) is 22.4 Å². The molecule has 1 unspecified atom stereocenters. The smallest absolute Gasteiger partial charge is 0.295 e. The number of ether oxygens (including phenoxy) is 1. The molecule has 4 nitrogen and oxygen atoms in total. The van der Waals surface area contributed by atoms with Crippen LogP contribution in [0.5, 0.6) is 5.75 Å². The van der Waals surface area contributed by atoms with Crippen molar-refractivity contribution in [3.05, 3.63) is 35.4 Å². The second-order valence-electron chi connectivity index (χ2n) is 6.24. The maximum atomic E-state index is 12.0. The Hall–Kier alpha value is -1.59. The Bertz CT molecular complexity index is 778. The molecule has 0 aromatic heterocycles. The lowest BCUT2D eigenvalue weighted by molar-refractivity contribution is 0.417. The highest BCUT2D eigenvalue weighted by Crippen LogP contribution is 2.44. The van der Waals surface area contributed by atoms with Crippen molar-refractivity contribution in [2.24, 2.45) is 0 Å². The van der Waals surface area contributed by atoms with E-state index in [1.54, 1.807) is 7.11 Å². The summed E-state index contributed by atoms with van der Waals surface area (Å²) in [6, 6.07) is 7.46. The summed E-state index contributed by atoms with van der Waals surface area (Å²) < 4.78 is 39.3. The normalized spacial score (nSPS) is 13.5. The fraction of sp³-hybridized carbons (Fsp3) is 0.444. The van der Waals surface area contributed by atoms with Gasteiger partial charge in [0.25, 0.3) is 10.1 Å². The van der Waals surface area contributed by atoms with Crippen molar-refractivity contribution in [2.75, 3.05) is 7.11 Å². The van der Waals surface area contributed by atoms with Gasteiger partial charge in [0.2, 0.25) is 0 Å². The van der Waals surface area contributed by atoms with Crippen LogP contribution in [0.4, 0.5) is 0 Å². The Labute approximate surface area is 138 Å². The van der Waals surface area contributed by atoms with Crippen molar-refractivity contribution in [1.82, 2.24) is 0 Å². The lowest BCUT2D eigenvalue weighted by atomic mass is 10.0. The van der Waals surface area contributed by atoms with E-state index in [2.05, 4.69) is 0 Å². The summed E-state index contributed by atoms with van der Waals surface area (Å²) in [7, 11) is -2.76. The van der Waals surface area contributed by atoms with Gasteiger partial charge in [-0.05, 0) is 47.6 Å². The van der Waals surface area contributed by atoms with Crippen LogP contribution in [0.1, 0.15) is 57.1 Å². The van der Waals surface area contributed by atoms with Gasteiger partial charge in [0.05, 0.1) is 7.11 Å². The summed E-state index contributed by atoms with van der Waals surface area (Å²) in [5, 5.41) is 0. The van der Waals surface area contributed by atoms with Crippen LogP contribution in [-0.2, 0) is 10.1 Å². The minimum absolute atomic E-state index is 0.0123. The molecule has 23 heavy (non-hydrogen) atoms. The van der Waals surface area contributed by atoms with E-state index < -0.39 is 10.1 Å². The number of hydrogen-bond donors (Lipinski definition) is 1. The highest BCUT2D eigenvalue weighted by molar-refractivity contribution is 7.86. The van der Waals surface area contributed by atoms with Crippen molar-refractivity contribution < 1.29 is 17.7 Å². The molecule has 126 valence electrons. The SMILES string of the molecule is CCC(C)c1cc2c(OC)ccc(C(C)C)cc-2c1S(=O)(=O)O. The average Bonchev–Trinajstić information content (AvgIpc) is 2.75. The van der Waals surface area contributed by atoms with E-state index in [4.69, 9.17) is 4.74 Å². The van der Waals surface area contributed by atoms with E-state index in [9.17, 15) is 13.0 Å². The van der Waals surface area contributed by atoms with Crippen LogP contribution < -0.4 is 4.74 Å². The lowest BCUT2D eigenvalue weighted by Gasteiger charge is -2.09. The van der Waals surface area contributed by atoms with Gasteiger partial charge in [-0.1, -0.05) is 33.8 Å².